The summed E-state index contributed by atoms with van der Waals surface area (Å²) >= 11 is 0. The van der Waals surface area contributed by atoms with Crippen LogP contribution in [0.2, 0.25) is 0 Å². The summed E-state index contributed by atoms with van der Waals surface area (Å²) in [5.41, 5.74) is 0.820. The van der Waals surface area contributed by atoms with Gasteiger partial charge in [0.15, 0.2) is 5.69 Å². The maximum Gasteiger partial charge on any atom is 0.271 e. The van der Waals surface area contributed by atoms with E-state index in [0.29, 0.717) is 16.9 Å². The SMILES string of the molecule is CCNc1ccc(C(=O)NCC2(C3CC3)CC2)nn1. The molecule has 0 bridgehead atoms. The number of nitrogens with zero attached hydrogens (tertiary/aromatic N) is 2. The summed E-state index contributed by atoms with van der Waals surface area (Å²) < 4.78 is 0. The summed E-state index contributed by atoms with van der Waals surface area (Å²) in [5, 5.41) is 14.0. The van der Waals surface area contributed by atoms with Crippen LogP contribution in [-0.2, 0) is 0 Å². The lowest BCUT2D eigenvalue weighted by atomic mass is 10.0. The Morgan fingerprint density at radius 2 is 2.16 bits per heavy atom. The van der Waals surface area contributed by atoms with Gasteiger partial charge < -0.3 is 10.6 Å². The van der Waals surface area contributed by atoms with Gasteiger partial charge in [-0.2, -0.15) is 0 Å². The van der Waals surface area contributed by atoms with Gasteiger partial charge in [-0.1, -0.05) is 0 Å². The Hall–Kier alpha value is -1.65. The Balaban J connectivity index is 1.54. The average Bonchev–Trinajstić information content (AvgIpc) is 3.29. The normalized spacial score (nSPS) is 19.8. The molecule has 2 aliphatic rings. The number of carbonyl (C=O) groups is 1. The summed E-state index contributed by atoms with van der Waals surface area (Å²) in [6.07, 6.45) is 5.21. The van der Waals surface area contributed by atoms with Crippen LogP contribution in [0.5, 0.6) is 0 Å². The maximum atomic E-state index is 12.0. The number of nitrogens with one attached hydrogen (secondary N) is 2. The Morgan fingerprint density at radius 1 is 1.37 bits per heavy atom. The minimum Gasteiger partial charge on any atom is -0.369 e. The molecule has 5 heteroatoms. The third kappa shape index (κ3) is 2.69. The van der Waals surface area contributed by atoms with Crippen molar-refractivity contribution in [3.63, 3.8) is 0 Å². The molecule has 0 aromatic carbocycles. The highest BCUT2D eigenvalue weighted by Crippen LogP contribution is 2.60. The summed E-state index contributed by atoms with van der Waals surface area (Å²) in [4.78, 5) is 12.0. The van der Waals surface area contributed by atoms with Gasteiger partial charge in [-0.15, -0.1) is 10.2 Å². The van der Waals surface area contributed by atoms with E-state index >= 15 is 0 Å². The molecule has 0 radical (unpaired) electrons. The topological polar surface area (TPSA) is 66.9 Å². The van der Waals surface area contributed by atoms with Crippen LogP contribution < -0.4 is 10.6 Å². The fourth-order valence-corrected chi connectivity index (χ4v) is 2.66. The molecule has 0 unspecified atom stereocenters. The summed E-state index contributed by atoms with van der Waals surface area (Å²) in [6.45, 7) is 3.59. The number of anilines is 1. The van der Waals surface area contributed by atoms with Crippen molar-refractivity contribution >= 4 is 11.7 Å². The van der Waals surface area contributed by atoms with Gasteiger partial charge in [-0.3, -0.25) is 4.79 Å². The van der Waals surface area contributed by atoms with E-state index < -0.39 is 0 Å². The molecule has 0 aliphatic heterocycles. The lowest BCUT2D eigenvalue weighted by Gasteiger charge is -2.14. The standard InChI is InChI=1S/C14H20N4O/c1-2-15-12-6-5-11(17-18-12)13(19)16-9-14(7-8-14)10-3-4-10/h5-6,10H,2-4,7-9H2,1H3,(H,15,18)(H,16,19). The predicted molar refractivity (Wildman–Crippen MR) is 72.9 cm³/mol. The van der Waals surface area contributed by atoms with E-state index in [2.05, 4.69) is 20.8 Å². The minimum atomic E-state index is -0.109. The average molecular weight is 260 g/mol. The van der Waals surface area contributed by atoms with Crippen LogP contribution in [0.25, 0.3) is 0 Å². The highest BCUT2D eigenvalue weighted by atomic mass is 16.1. The molecule has 0 atom stereocenters. The van der Waals surface area contributed by atoms with E-state index in [1.807, 2.05) is 6.92 Å². The Morgan fingerprint density at radius 3 is 2.68 bits per heavy atom. The van der Waals surface area contributed by atoms with E-state index in [4.69, 9.17) is 0 Å². The fourth-order valence-electron chi connectivity index (χ4n) is 2.66. The van der Waals surface area contributed by atoms with Crippen molar-refractivity contribution in [2.45, 2.75) is 32.6 Å². The van der Waals surface area contributed by atoms with Crippen LogP contribution in [-0.4, -0.2) is 29.2 Å². The molecule has 19 heavy (non-hydrogen) atoms. The minimum absolute atomic E-state index is 0.109. The van der Waals surface area contributed by atoms with Crippen LogP contribution in [0.4, 0.5) is 5.82 Å². The summed E-state index contributed by atoms with van der Waals surface area (Å²) in [5.74, 6) is 1.45. The Bertz CT molecular complexity index is 463. The fraction of sp³-hybridized carbons (Fsp3) is 0.643. The van der Waals surface area contributed by atoms with Crippen molar-refractivity contribution in [2.24, 2.45) is 11.3 Å². The zero-order chi connectivity index (χ0) is 13.3. The Labute approximate surface area is 113 Å². The molecule has 1 amide bonds. The van der Waals surface area contributed by atoms with Crippen molar-refractivity contribution in [1.82, 2.24) is 15.5 Å². The van der Waals surface area contributed by atoms with Crippen LogP contribution in [0, 0.1) is 11.3 Å². The van der Waals surface area contributed by atoms with Gasteiger partial charge in [-0.05, 0) is 56.1 Å². The third-order valence-corrected chi connectivity index (χ3v) is 4.19. The molecule has 2 fully saturated rings. The molecule has 3 rings (SSSR count). The number of aromatic nitrogens is 2. The zero-order valence-corrected chi connectivity index (χ0v) is 11.3. The quantitative estimate of drug-likeness (QED) is 0.819. The molecule has 1 heterocycles. The predicted octanol–water partition coefficient (Wildman–Crippen LogP) is 1.83. The van der Waals surface area contributed by atoms with E-state index in [0.717, 1.165) is 19.0 Å². The second kappa shape index (κ2) is 4.79. The van der Waals surface area contributed by atoms with Gasteiger partial charge in [0.1, 0.15) is 5.82 Å². The molecule has 1 aromatic rings. The van der Waals surface area contributed by atoms with Crippen molar-refractivity contribution in [3.05, 3.63) is 17.8 Å². The first kappa shape index (κ1) is 12.4. The summed E-state index contributed by atoms with van der Waals surface area (Å²) in [6, 6.07) is 3.51. The highest BCUT2D eigenvalue weighted by molar-refractivity contribution is 5.92. The van der Waals surface area contributed by atoms with Gasteiger partial charge in [-0.25, -0.2) is 0 Å². The third-order valence-electron chi connectivity index (χ3n) is 4.19. The monoisotopic (exact) mass is 260 g/mol. The molecular formula is C14H20N4O. The first-order valence-electron chi connectivity index (χ1n) is 7.09. The molecule has 2 saturated carbocycles. The number of carbonyl (C=O) groups excluding carboxylic acids is 1. The highest BCUT2D eigenvalue weighted by Gasteiger charge is 2.53. The van der Waals surface area contributed by atoms with Crippen molar-refractivity contribution in [3.8, 4) is 0 Å². The molecule has 2 N–H and O–H groups in total. The van der Waals surface area contributed by atoms with Crippen LogP contribution >= 0.6 is 0 Å². The van der Waals surface area contributed by atoms with Gasteiger partial charge in [0, 0.05) is 13.1 Å². The second-order valence-electron chi connectivity index (χ2n) is 5.65. The number of hydrogen-bond acceptors (Lipinski definition) is 4. The van der Waals surface area contributed by atoms with Crippen LogP contribution in [0.1, 0.15) is 43.1 Å². The first-order chi connectivity index (χ1) is 9.23. The van der Waals surface area contributed by atoms with E-state index in [1.54, 1.807) is 12.1 Å². The molecule has 0 saturated heterocycles. The van der Waals surface area contributed by atoms with Crippen LogP contribution in [0.15, 0.2) is 12.1 Å². The van der Waals surface area contributed by atoms with E-state index in [1.165, 1.54) is 25.7 Å². The van der Waals surface area contributed by atoms with E-state index in [9.17, 15) is 4.79 Å². The number of amides is 1. The molecule has 0 spiro atoms. The van der Waals surface area contributed by atoms with Gasteiger partial charge in [0.2, 0.25) is 0 Å². The maximum absolute atomic E-state index is 12.0. The van der Waals surface area contributed by atoms with Gasteiger partial charge >= 0.3 is 0 Å². The molecule has 5 nitrogen and oxygen atoms in total. The van der Waals surface area contributed by atoms with Crippen molar-refractivity contribution < 1.29 is 4.79 Å². The van der Waals surface area contributed by atoms with Crippen LogP contribution in [0.3, 0.4) is 0 Å². The zero-order valence-electron chi connectivity index (χ0n) is 11.3. The molecule has 2 aliphatic carbocycles. The van der Waals surface area contributed by atoms with Gasteiger partial charge in [0.05, 0.1) is 0 Å². The lowest BCUT2D eigenvalue weighted by Crippen LogP contribution is -2.31. The largest absolute Gasteiger partial charge is 0.369 e. The smallest absolute Gasteiger partial charge is 0.271 e. The Kier molecular flexibility index (Phi) is 3.12. The van der Waals surface area contributed by atoms with Crippen molar-refractivity contribution in [2.75, 3.05) is 18.4 Å². The first-order valence-corrected chi connectivity index (χ1v) is 7.09. The molecule has 1 aromatic heterocycles. The molecular weight excluding hydrogens is 240 g/mol. The van der Waals surface area contributed by atoms with E-state index in [-0.39, 0.29) is 5.91 Å². The van der Waals surface area contributed by atoms with Gasteiger partial charge in [0.25, 0.3) is 5.91 Å². The van der Waals surface area contributed by atoms with Crippen molar-refractivity contribution in [1.29, 1.82) is 0 Å². The lowest BCUT2D eigenvalue weighted by molar-refractivity contribution is 0.0936. The number of hydrogen-bond donors (Lipinski definition) is 2. The summed E-state index contributed by atoms with van der Waals surface area (Å²) in [7, 11) is 0. The second-order valence-corrected chi connectivity index (χ2v) is 5.65. The molecule has 102 valence electrons. The number of rotatable bonds is 6.